The van der Waals surface area contributed by atoms with Crippen molar-refractivity contribution in [2.75, 3.05) is 13.7 Å². The largest absolute Gasteiger partial charge is 0.497 e. The van der Waals surface area contributed by atoms with Gasteiger partial charge in [0.2, 0.25) is 5.72 Å². The highest BCUT2D eigenvalue weighted by atomic mass is 35.5. The highest BCUT2D eigenvalue weighted by Gasteiger charge is 2.68. The maximum absolute atomic E-state index is 12.5. The van der Waals surface area contributed by atoms with Crippen LogP contribution in [0.2, 0.25) is 5.02 Å². The molecule has 2 fully saturated rings. The molecule has 0 radical (unpaired) electrons. The summed E-state index contributed by atoms with van der Waals surface area (Å²) in [5.74, 6) is -1.34. The van der Waals surface area contributed by atoms with Crippen LogP contribution in [0, 0.1) is 0 Å². The van der Waals surface area contributed by atoms with Crippen molar-refractivity contribution in [3.05, 3.63) is 64.2 Å². The lowest BCUT2D eigenvalue weighted by Crippen LogP contribution is -2.70. The molecule has 0 aromatic heterocycles. The van der Waals surface area contributed by atoms with Gasteiger partial charge < -0.3 is 14.3 Å². The first-order valence-electron chi connectivity index (χ1n) is 9.67. The van der Waals surface area contributed by atoms with Gasteiger partial charge in [-0.3, -0.25) is 0 Å². The van der Waals surface area contributed by atoms with Crippen molar-refractivity contribution < 1.29 is 23.9 Å². The van der Waals surface area contributed by atoms with Crippen LogP contribution in [-0.4, -0.2) is 30.7 Å². The molecule has 0 spiro atoms. The fourth-order valence-electron chi connectivity index (χ4n) is 5.02. The zero-order chi connectivity index (χ0) is 20.2. The summed E-state index contributed by atoms with van der Waals surface area (Å²) in [7, 11) is 1.59. The third-order valence-electron chi connectivity index (χ3n) is 6.46. The van der Waals surface area contributed by atoms with E-state index in [9.17, 15) is 9.59 Å². The summed E-state index contributed by atoms with van der Waals surface area (Å²) in [5.41, 5.74) is 0.779. The Morgan fingerprint density at radius 2 is 1.86 bits per heavy atom. The van der Waals surface area contributed by atoms with E-state index in [4.69, 9.17) is 25.9 Å². The van der Waals surface area contributed by atoms with E-state index in [-0.39, 0.29) is 0 Å². The number of fused-ring (bicyclic) bond motifs is 3. The summed E-state index contributed by atoms with van der Waals surface area (Å²) in [5, 5.41) is 2.14. The number of hydroxylamine groups is 2. The van der Waals surface area contributed by atoms with Crippen LogP contribution in [0.1, 0.15) is 36.0 Å². The van der Waals surface area contributed by atoms with Crippen LogP contribution in [0.5, 0.6) is 5.75 Å². The predicted molar refractivity (Wildman–Crippen MR) is 104 cm³/mol. The van der Waals surface area contributed by atoms with Crippen LogP contribution in [-0.2, 0) is 36.7 Å². The molecule has 0 N–H and O–H groups in total. The minimum atomic E-state index is -1.29. The summed E-state index contributed by atoms with van der Waals surface area (Å²) in [6.45, 7) is 0.421. The number of nitrogens with zero attached hydrogens (tertiary/aromatic N) is 1. The second-order valence-corrected chi connectivity index (χ2v) is 8.11. The highest BCUT2D eigenvalue weighted by molar-refractivity contribution is 6.31. The van der Waals surface area contributed by atoms with E-state index >= 15 is 0 Å². The standard InChI is InChI=1S/C22H20ClNO5/c1-27-15-8-7-14-9-12-24-22(17(14)13-15,28-19(25)20(26)29-24)21(10-4-11-21)16-5-2-3-6-18(16)23/h2-3,5-8,13H,4,9-12H2,1H3. The van der Waals surface area contributed by atoms with Gasteiger partial charge in [-0.05, 0) is 48.6 Å². The Morgan fingerprint density at radius 1 is 1.07 bits per heavy atom. The van der Waals surface area contributed by atoms with Crippen LogP contribution in [0.3, 0.4) is 0 Å². The van der Waals surface area contributed by atoms with E-state index in [0.29, 0.717) is 23.7 Å². The van der Waals surface area contributed by atoms with E-state index in [0.717, 1.165) is 36.0 Å². The predicted octanol–water partition coefficient (Wildman–Crippen LogP) is 3.50. The third kappa shape index (κ3) is 2.39. The van der Waals surface area contributed by atoms with Crippen molar-refractivity contribution in [2.24, 2.45) is 0 Å². The average Bonchev–Trinajstić information content (AvgIpc) is 2.69. The first-order chi connectivity index (χ1) is 14.0. The van der Waals surface area contributed by atoms with E-state index < -0.39 is 23.1 Å². The van der Waals surface area contributed by atoms with Crippen molar-refractivity contribution in [2.45, 2.75) is 36.8 Å². The van der Waals surface area contributed by atoms with E-state index in [1.807, 2.05) is 42.5 Å². The molecule has 2 aliphatic heterocycles. The Bertz CT molecular complexity index is 1020. The number of methoxy groups -OCH3 is 1. The van der Waals surface area contributed by atoms with Crippen molar-refractivity contribution in [1.29, 1.82) is 0 Å². The fraction of sp³-hybridized carbons (Fsp3) is 0.364. The number of esters is 1. The molecule has 0 amide bonds. The van der Waals surface area contributed by atoms with Gasteiger partial charge in [0.05, 0.1) is 12.5 Å². The molecule has 2 aromatic rings. The van der Waals surface area contributed by atoms with Crippen LogP contribution >= 0.6 is 11.6 Å². The quantitative estimate of drug-likeness (QED) is 0.567. The Hall–Kier alpha value is -2.57. The molecule has 1 saturated heterocycles. The number of hydrogen-bond acceptors (Lipinski definition) is 6. The fourth-order valence-corrected chi connectivity index (χ4v) is 5.34. The maximum atomic E-state index is 12.5. The number of ether oxygens (including phenoxy) is 2. The van der Waals surface area contributed by atoms with Crippen LogP contribution in [0.4, 0.5) is 0 Å². The van der Waals surface area contributed by atoms with Gasteiger partial charge in [-0.1, -0.05) is 47.4 Å². The number of halogens is 1. The minimum Gasteiger partial charge on any atom is -0.497 e. The number of hydrogen-bond donors (Lipinski definition) is 0. The smallest absolute Gasteiger partial charge is 0.436 e. The van der Waals surface area contributed by atoms with E-state index in [1.54, 1.807) is 12.2 Å². The SMILES string of the molecule is COc1ccc2c(c1)C1(C3(c4ccccc4Cl)CCC3)OC(=O)C(=O)ON1CC2. The van der Waals surface area contributed by atoms with Gasteiger partial charge in [0.1, 0.15) is 5.75 Å². The molecular formula is C22H20ClNO5. The van der Waals surface area contributed by atoms with Gasteiger partial charge in [0.25, 0.3) is 0 Å². The second-order valence-electron chi connectivity index (χ2n) is 7.70. The van der Waals surface area contributed by atoms with Gasteiger partial charge in [0, 0.05) is 17.1 Å². The van der Waals surface area contributed by atoms with Gasteiger partial charge in [-0.2, -0.15) is 0 Å². The molecule has 7 heteroatoms. The summed E-state index contributed by atoms with van der Waals surface area (Å²) in [6.07, 6.45) is 3.10. The summed E-state index contributed by atoms with van der Waals surface area (Å²) in [4.78, 5) is 30.1. The van der Waals surface area contributed by atoms with Crippen LogP contribution in [0.15, 0.2) is 42.5 Å². The van der Waals surface area contributed by atoms with E-state index in [2.05, 4.69) is 0 Å². The van der Waals surface area contributed by atoms with E-state index in [1.165, 1.54) is 0 Å². The van der Waals surface area contributed by atoms with Crippen LogP contribution < -0.4 is 4.74 Å². The van der Waals surface area contributed by atoms with Gasteiger partial charge in [0.15, 0.2) is 0 Å². The first-order valence-corrected chi connectivity index (χ1v) is 10.0. The highest BCUT2D eigenvalue weighted by Crippen LogP contribution is 2.62. The molecule has 150 valence electrons. The molecule has 1 unspecified atom stereocenters. The lowest BCUT2D eigenvalue weighted by atomic mass is 9.55. The minimum absolute atomic E-state index is 0.421. The summed E-state index contributed by atoms with van der Waals surface area (Å²) >= 11 is 6.63. The molecule has 2 heterocycles. The van der Waals surface area contributed by atoms with Crippen molar-refractivity contribution in [1.82, 2.24) is 5.06 Å². The molecule has 2 aromatic carbocycles. The van der Waals surface area contributed by atoms with Gasteiger partial charge >= 0.3 is 11.9 Å². The van der Waals surface area contributed by atoms with Crippen molar-refractivity contribution in [3.63, 3.8) is 0 Å². The molecule has 1 atom stereocenters. The molecule has 1 saturated carbocycles. The number of carbonyl (C=O) groups is 2. The Morgan fingerprint density at radius 3 is 2.55 bits per heavy atom. The molecule has 6 nitrogen and oxygen atoms in total. The number of carbonyl (C=O) groups excluding carboxylic acids is 2. The van der Waals surface area contributed by atoms with Crippen molar-refractivity contribution >= 4 is 23.5 Å². The summed E-state index contributed by atoms with van der Waals surface area (Å²) < 4.78 is 11.5. The lowest BCUT2D eigenvalue weighted by molar-refractivity contribution is -0.347. The summed E-state index contributed by atoms with van der Waals surface area (Å²) in [6, 6.07) is 13.4. The Balaban J connectivity index is 1.81. The molecule has 0 bridgehead atoms. The molecular weight excluding hydrogens is 394 g/mol. The van der Waals surface area contributed by atoms with Gasteiger partial charge in [-0.15, -0.1) is 0 Å². The van der Waals surface area contributed by atoms with Gasteiger partial charge in [-0.25, -0.2) is 9.59 Å². The first kappa shape index (κ1) is 18.5. The normalized spacial score (nSPS) is 25.2. The third-order valence-corrected chi connectivity index (χ3v) is 6.79. The number of benzene rings is 2. The average molecular weight is 414 g/mol. The molecule has 1 aliphatic carbocycles. The van der Waals surface area contributed by atoms with Crippen molar-refractivity contribution in [3.8, 4) is 5.75 Å². The molecule has 3 aliphatic rings. The number of rotatable bonds is 3. The molecule has 5 rings (SSSR count). The maximum Gasteiger partial charge on any atom is 0.436 e. The van der Waals surface area contributed by atoms with Crippen LogP contribution in [0.25, 0.3) is 0 Å². The Labute approximate surface area is 173 Å². The Kier molecular flexibility index (Phi) is 4.12. The zero-order valence-corrected chi connectivity index (χ0v) is 16.7. The molecule has 29 heavy (non-hydrogen) atoms. The lowest BCUT2D eigenvalue weighted by Gasteiger charge is -2.60. The second kappa shape index (κ2) is 6.47. The topological polar surface area (TPSA) is 65.1 Å². The monoisotopic (exact) mass is 413 g/mol. The zero-order valence-electron chi connectivity index (χ0n) is 15.9.